The van der Waals surface area contributed by atoms with E-state index in [2.05, 4.69) is 45.1 Å². The number of ether oxygens (including phenoxy) is 2. The number of likely N-dealkylation sites (N-methyl/N-ethyl adjacent to an activating group) is 2. The number of rotatable bonds is 6. The van der Waals surface area contributed by atoms with Crippen molar-refractivity contribution in [3.8, 4) is 11.5 Å². The van der Waals surface area contributed by atoms with Gasteiger partial charge in [-0.2, -0.15) is 10.2 Å². The van der Waals surface area contributed by atoms with E-state index in [9.17, 15) is 19.2 Å². The molecular formula is C46H44N8O6. The molecule has 0 aliphatic carbocycles. The van der Waals surface area contributed by atoms with E-state index < -0.39 is 12.1 Å². The van der Waals surface area contributed by atoms with Crippen LogP contribution in [0.4, 0.5) is 11.4 Å². The first-order valence-corrected chi connectivity index (χ1v) is 20.1. The molecule has 0 fully saturated rings. The van der Waals surface area contributed by atoms with Crippen LogP contribution in [0.1, 0.15) is 68.2 Å². The van der Waals surface area contributed by atoms with Gasteiger partial charge in [0.15, 0.2) is 0 Å². The van der Waals surface area contributed by atoms with Crippen LogP contribution in [-0.4, -0.2) is 82.6 Å². The SMILES string of the molecule is CN1C(=O)[C@@H](NC(=O)c2cc3n(n2)CCC3c2ccccc2)COc2ccccc21.CN1C(=O)[C@@H](NC(=O)c2cc3n(n2)CC[C@@H]3c2ccccc2)COc2ccccc21. The van der Waals surface area contributed by atoms with Crippen molar-refractivity contribution in [2.45, 2.75) is 49.9 Å². The lowest BCUT2D eigenvalue weighted by Crippen LogP contribution is -2.49. The van der Waals surface area contributed by atoms with Crippen molar-refractivity contribution in [1.82, 2.24) is 30.2 Å². The number of aromatic nitrogens is 4. The molecule has 304 valence electrons. The fourth-order valence-corrected chi connectivity index (χ4v) is 8.43. The monoisotopic (exact) mass is 804 g/mol. The Labute approximate surface area is 346 Å². The number of hydrogen-bond donors (Lipinski definition) is 2. The third-order valence-corrected chi connectivity index (χ3v) is 11.6. The zero-order valence-corrected chi connectivity index (χ0v) is 33.2. The lowest BCUT2D eigenvalue weighted by Gasteiger charge is -2.20. The molecule has 2 N–H and O–H groups in total. The molecule has 10 rings (SSSR count). The Hall–Kier alpha value is -7.22. The molecule has 14 heteroatoms. The van der Waals surface area contributed by atoms with E-state index in [0.717, 1.165) is 37.3 Å². The molecule has 0 saturated carbocycles. The summed E-state index contributed by atoms with van der Waals surface area (Å²) in [6.07, 6.45) is 1.93. The number of anilines is 2. The molecule has 0 bridgehead atoms. The smallest absolute Gasteiger partial charge is 0.272 e. The van der Waals surface area contributed by atoms with Crippen LogP contribution in [0.2, 0.25) is 0 Å². The molecule has 0 spiro atoms. The van der Waals surface area contributed by atoms with Crippen LogP contribution in [0.3, 0.4) is 0 Å². The first-order chi connectivity index (χ1) is 29.2. The predicted octanol–water partition coefficient (Wildman–Crippen LogP) is 5.15. The largest absolute Gasteiger partial charge is 0.489 e. The molecule has 4 aliphatic rings. The minimum absolute atomic E-state index is 0.0755. The van der Waals surface area contributed by atoms with Gasteiger partial charge in [0.25, 0.3) is 23.6 Å². The van der Waals surface area contributed by atoms with Gasteiger partial charge in [-0.25, -0.2) is 0 Å². The zero-order chi connectivity index (χ0) is 41.3. The Morgan fingerprint density at radius 2 is 0.950 bits per heavy atom. The third kappa shape index (κ3) is 7.36. The van der Waals surface area contributed by atoms with Gasteiger partial charge in [0.1, 0.15) is 48.2 Å². The average molecular weight is 805 g/mol. The van der Waals surface area contributed by atoms with Crippen molar-refractivity contribution in [1.29, 1.82) is 0 Å². The Bertz CT molecular complexity index is 2390. The van der Waals surface area contributed by atoms with Crippen molar-refractivity contribution >= 4 is 35.0 Å². The summed E-state index contributed by atoms with van der Waals surface area (Å²) in [5.41, 5.74) is 6.51. The van der Waals surface area contributed by atoms with Crippen LogP contribution in [0.15, 0.2) is 121 Å². The van der Waals surface area contributed by atoms with E-state index in [1.54, 1.807) is 14.1 Å². The lowest BCUT2D eigenvalue weighted by molar-refractivity contribution is -0.121. The Morgan fingerprint density at radius 3 is 1.37 bits per heavy atom. The molecule has 14 nitrogen and oxygen atoms in total. The summed E-state index contributed by atoms with van der Waals surface area (Å²) in [5, 5.41) is 14.6. The van der Waals surface area contributed by atoms with Crippen LogP contribution in [0, 0.1) is 0 Å². The van der Waals surface area contributed by atoms with Gasteiger partial charge < -0.3 is 29.9 Å². The number of carbonyl (C=O) groups excluding carboxylic acids is 4. The zero-order valence-electron chi connectivity index (χ0n) is 33.2. The number of para-hydroxylation sites is 4. The highest BCUT2D eigenvalue weighted by atomic mass is 16.5. The maximum absolute atomic E-state index is 12.9. The van der Waals surface area contributed by atoms with Crippen LogP contribution in [0.5, 0.6) is 11.5 Å². The maximum Gasteiger partial charge on any atom is 0.272 e. The summed E-state index contributed by atoms with van der Waals surface area (Å²) in [7, 11) is 3.37. The Morgan fingerprint density at radius 1 is 0.567 bits per heavy atom. The molecular weight excluding hydrogens is 761 g/mol. The quantitative estimate of drug-likeness (QED) is 0.235. The number of nitrogens with one attached hydrogen (secondary N) is 2. The summed E-state index contributed by atoms with van der Waals surface area (Å²) in [6.45, 7) is 1.69. The number of benzene rings is 4. The minimum atomic E-state index is -0.781. The summed E-state index contributed by atoms with van der Waals surface area (Å²) in [6, 6.07) is 37.3. The van der Waals surface area contributed by atoms with Crippen molar-refractivity contribution in [2.24, 2.45) is 0 Å². The molecule has 4 aliphatic heterocycles. The Balaban J connectivity index is 0.000000154. The maximum atomic E-state index is 12.9. The summed E-state index contributed by atoms with van der Waals surface area (Å²) in [5.74, 6) is 0.514. The standard InChI is InChI=1S/2C23H22N4O3/c2*1-26-19-9-5-6-10-21(19)30-14-18(23(26)29)24-22(28)17-13-20-16(11-12-27(20)25-17)15-7-3-2-4-8-15/h2*2-10,13,16,18H,11-12,14H2,1H3,(H,24,28)/t16?,18-;16-,18+/m01/s1. The normalized spacial score (nSPS) is 20.2. The van der Waals surface area contributed by atoms with E-state index in [1.807, 2.05) is 106 Å². The van der Waals surface area contributed by atoms with Gasteiger partial charge in [-0.05, 0) is 60.4 Å². The topological polar surface area (TPSA) is 153 Å². The predicted molar refractivity (Wildman–Crippen MR) is 223 cm³/mol. The number of amides is 4. The van der Waals surface area contributed by atoms with Gasteiger partial charge in [-0.1, -0.05) is 84.9 Å². The van der Waals surface area contributed by atoms with Crippen LogP contribution in [0.25, 0.3) is 0 Å². The molecule has 4 atom stereocenters. The number of aryl methyl sites for hydroxylation is 2. The highest BCUT2D eigenvalue weighted by Crippen LogP contribution is 2.36. The molecule has 0 radical (unpaired) electrons. The number of fused-ring (bicyclic) bond motifs is 4. The average Bonchev–Trinajstić information content (AvgIpc) is 4.06. The van der Waals surface area contributed by atoms with Crippen molar-refractivity contribution in [3.05, 3.63) is 155 Å². The number of hydrogen-bond acceptors (Lipinski definition) is 8. The van der Waals surface area contributed by atoms with Gasteiger partial charge in [-0.15, -0.1) is 0 Å². The first kappa shape index (κ1) is 38.3. The van der Waals surface area contributed by atoms with Crippen molar-refractivity contribution < 1.29 is 28.7 Å². The van der Waals surface area contributed by atoms with E-state index in [4.69, 9.17) is 9.47 Å². The summed E-state index contributed by atoms with van der Waals surface area (Å²) >= 11 is 0. The van der Waals surface area contributed by atoms with E-state index in [1.165, 1.54) is 20.9 Å². The fraction of sp³-hybridized carbons (Fsp3) is 0.261. The van der Waals surface area contributed by atoms with Crippen LogP contribution in [-0.2, 0) is 22.7 Å². The minimum Gasteiger partial charge on any atom is -0.489 e. The highest BCUT2D eigenvalue weighted by molar-refractivity contribution is 6.04. The highest BCUT2D eigenvalue weighted by Gasteiger charge is 2.35. The molecule has 2 aromatic heterocycles. The summed E-state index contributed by atoms with van der Waals surface area (Å²) < 4.78 is 15.3. The van der Waals surface area contributed by atoms with Crippen LogP contribution < -0.4 is 29.9 Å². The summed E-state index contributed by atoms with van der Waals surface area (Å²) in [4.78, 5) is 54.5. The van der Waals surface area contributed by atoms with Gasteiger partial charge in [0, 0.05) is 50.4 Å². The van der Waals surface area contributed by atoms with Crippen molar-refractivity contribution in [2.75, 3.05) is 37.1 Å². The van der Waals surface area contributed by atoms with E-state index >= 15 is 0 Å². The Kier molecular flexibility index (Phi) is 10.3. The second-order valence-electron chi connectivity index (χ2n) is 15.3. The molecule has 4 amide bonds. The lowest BCUT2D eigenvalue weighted by atomic mass is 9.95. The van der Waals surface area contributed by atoms with E-state index in [-0.39, 0.29) is 48.7 Å². The van der Waals surface area contributed by atoms with Gasteiger partial charge in [0.05, 0.1) is 11.4 Å². The van der Waals surface area contributed by atoms with Crippen LogP contribution >= 0.6 is 0 Å². The fourth-order valence-electron chi connectivity index (χ4n) is 8.43. The molecule has 0 saturated heterocycles. The van der Waals surface area contributed by atoms with Gasteiger partial charge in [-0.3, -0.25) is 28.5 Å². The third-order valence-electron chi connectivity index (χ3n) is 11.6. The first-order valence-electron chi connectivity index (χ1n) is 20.1. The van der Waals surface area contributed by atoms with Crippen molar-refractivity contribution in [3.63, 3.8) is 0 Å². The number of nitrogens with zero attached hydrogens (tertiary/aromatic N) is 6. The number of carbonyl (C=O) groups is 4. The second-order valence-corrected chi connectivity index (χ2v) is 15.3. The second kappa shape index (κ2) is 16.2. The van der Waals surface area contributed by atoms with Gasteiger partial charge >= 0.3 is 0 Å². The molecule has 60 heavy (non-hydrogen) atoms. The molecule has 1 unspecified atom stereocenters. The van der Waals surface area contributed by atoms with Gasteiger partial charge in [0.2, 0.25) is 0 Å². The molecule has 4 aromatic carbocycles. The van der Waals surface area contributed by atoms with E-state index in [0.29, 0.717) is 34.3 Å². The molecule has 6 heterocycles. The molecule has 6 aromatic rings.